The minimum atomic E-state index is -0.00712. The molecule has 0 amide bonds. The van der Waals surface area contributed by atoms with Gasteiger partial charge < -0.3 is 14.8 Å². The summed E-state index contributed by atoms with van der Waals surface area (Å²) in [6.45, 7) is 0. The molecule has 0 aliphatic carbocycles. The number of methoxy groups -OCH3 is 2. The van der Waals surface area contributed by atoms with E-state index >= 15 is 0 Å². The van der Waals surface area contributed by atoms with E-state index in [0.717, 1.165) is 15.8 Å². The fraction of sp³-hybridized carbons (Fsp3) is 0.167. The first-order valence-electron chi connectivity index (χ1n) is 7.73. The average Bonchev–Trinajstić information content (AvgIpc) is 3.14. The lowest BCUT2D eigenvalue weighted by molar-refractivity contribution is 0.101. The first kappa shape index (κ1) is 18.2. The van der Waals surface area contributed by atoms with Gasteiger partial charge in [0, 0.05) is 5.69 Å². The summed E-state index contributed by atoms with van der Waals surface area (Å²) < 4.78 is 11.1. The van der Waals surface area contributed by atoms with Gasteiger partial charge in [0.15, 0.2) is 10.1 Å². The van der Waals surface area contributed by atoms with Crippen LogP contribution in [-0.2, 0) is 0 Å². The third kappa shape index (κ3) is 4.53. The molecule has 1 N–H and O–H groups in total. The van der Waals surface area contributed by atoms with Gasteiger partial charge in [-0.15, -0.1) is 10.2 Å². The molecule has 0 atom stereocenters. The van der Waals surface area contributed by atoms with Crippen LogP contribution in [0.2, 0.25) is 0 Å². The maximum Gasteiger partial charge on any atom is 0.210 e. The predicted octanol–water partition coefficient (Wildman–Crippen LogP) is 4.27. The third-order valence-electron chi connectivity index (χ3n) is 3.48. The number of aromatic nitrogens is 2. The zero-order valence-electron chi connectivity index (χ0n) is 14.3. The zero-order chi connectivity index (χ0) is 18.4. The van der Waals surface area contributed by atoms with Crippen LogP contribution < -0.4 is 14.8 Å². The van der Waals surface area contributed by atoms with Gasteiger partial charge in [-0.05, 0) is 36.4 Å². The van der Waals surface area contributed by atoms with E-state index in [1.54, 1.807) is 26.4 Å². The highest BCUT2D eigenvalue weighted by Gasteiger charge is 2.13. The number of carbonyl (C=O) groups excluding carboxylic acids is 1. The normalized spacial score (nSPS) is 10.4. The fourth-order valence-corrected chi connectivity index (χ4v) is 3.85. The summed E-state index contributed by atoms with van der Waals surface area (Å²) in [4.78, 5) is 12.4. The molecule has 0 aliphatic heterocycles. The minimum Gasteiger partial charge on any atom is -0.497 e. The van der Waals surface area contributed by atoms with Crippen molar-refractivity contribution >= 4 is 39.7 Å². The number of ketones is 1. The molecule has 3 rings (SSSR count). The smallest absolute Gasteiger partial charge is 0.210 e. The molecule has 8 heteroatoms. The Balaban J connectivity index is 1.58. The van der Waals surface area contributed by atoms with E-state index in [-0.39, 0.29) is 11.5 Å². The van der Waals surface area contributed by atoms with Gasteiger partial charge in [0.1, 0.15) is 11.5 Å². The second-order valence-corrected chi connectivity index (χ2v) is 7.34. The number of hydrogen-bond donors (Lipinski definition) is 1. The van der Waals surface area contributed by atoms with Crippen molar-refractivity contribution in [2.75, 3.05) is 25.3 Å². The number of carbonyl (C=O) groups is 1. The topological polar surface area (TPSA) is 73.3 Å². The highest BCUT2D eigenvalue weighted by atomic mass is 32.2. The van der Waals surface area contributed by atoms with Gasteiger partial charge in [0.25, 0.3) is 0 Å². The fourth-order valence-electron chi connectivity index (χ4n) is 2.20. The van der Waals surface area contributed by atoms with Crippen LogP contribution >= 0.6 is 23.1 Å². The van der Waals surface area contributed by atoms with Gasteiger partial charge in [-0.2, -0.15) is 0 Å². The molecular formula is C18H17N3O3S2. The molecule has 0 unspecified atom stereocenters. The van der Waals surface area contributed by atoms with E-state index in [1.807, 2.05) is 36.4 Å². The Morgan fingerprint density at radius 3 is 2.58 bits per heavy atom. The van der Waals surface area contributed by atoms with Crippen molar-refractivity contribution in [2.24, 2.45) is 0 Å². The molecule has 0 radical (unpaired) electrons. The minimum absolute atomic E-state index is 0.00712. The molecule has 2 aromatic carbocycles. The Kier molecular flexibility index (Phi) is 6.08. The molecule has 1 heterocycles. The maximum atomic E-state index is 12.4. The van der Waals surface area contributed by atoms with E-state index < -0.39 is 0 Å². The first-order valence-corrected chi connectivity index (χ1v) is 9.53. The first-order chi connectivity index (χ1) is 12.7. The quantitative estimate of drug-likeness (QED) is 0.457. The lowest BCUT2D eigenvalue weighted by Crippen LogP contribution is -2.04. The molecule has 6 nitrogen and oxygen atoms in total. The number of rotatable bonds is 8. The van der Waals surface area contributed by atoms with Crippen molar-refractivity contribution in [3.05, 3.63) is 54.1 Å². The molecule has 1 aromatic heterocycles. The molecule has 0 aliphatic rings. The van der Waals surface area contributed by atoms with Gasteiger partial charge in [-0.3, -0.25) is 4.79 Å². The van der Waals surface area contributed by atoms with Crippen molar-refractivity contribution in [3.8, 4) is 11.5 Å². The molecule has 134 valence electrons. The van der Waals surface area contributed by atoms with Crippen LogP contribution in [0.5, 0.6) is 11.5 Å². The van der Waals surface area contributed by atoms with Gasteiger partial charge in [-0.1, -0.05) is 35.2 Å². The number of thioether (sulfide) groups is 1. The van der Waals surface area contributed by atoms with Crippen LogP contribution in [0, 0.1) is 0 Å². The second kappa shape index (κ2) is 8.68. The summed E-state index contributed by atoms with van der Waals surface area (Å²) in [5, 5.41) is 12.1. The monoisotopic (exact) mass is 387 g/mol. The Morgan fingerprint density at radius 1 is 1.08 bits per heavy atom. The number of benzene rings is 2. The third-order valence-corrected chi connectivity index (χ3v) is 5.45. The average molecular weight is 387 g/mol. The molecular weight excluding hydrogens is 370 g/mol. The molecule has 0 bridgehead atoms. The van der Waals surface area contributed by atoms with E-state index in [9.17, 15) is 4.79 Å². The summed E-state index contributed by atoms with van der Waals surface area (Å²) in [6.07, 6.45) is 0. The van der Waals surface area contributed by atoms with Gasteiger partial charge >= 0.3 is 0 Å². The number of nitrogens with zero attached hydrogens (tertiary/aromatic N) is 2. The van der Waals surface area contributed by atoms with E-state index in [4.69, 9.17) is 9.47 Å². The number of anilines is 2. The lowest BCUT2D eigenvalue weighted by atomic mass is 10.1. The van der Waals surface area contributed by atoms with Crippen LogP contribution in [0.15, 0.2) is 52.9 Å². The Morgan fingerprint density at radius 2 is 1.85 bits per heavy atom. The lowest BCUT2D eigenvalue weighted by Gasteiger charge is -2.06. The van der Waals surface area contributed by atoms with E-state index in [0.29, 0.717) is 16.4 Å². The molecule has 26 heavy (non-hydrogen) atoms. The number of para-hydroxylation sites is 1. The zero-order valence-corrected chi connectivity index (χ0v) is 15.9. The van der Waals surface area contributed by atoms with E-state index in [2.05, 4.69) is 15.5 Å². The van der Waals surface area contributed by atoms with Crippen molar-refractivity contribution in [1.82, 2.24) is 10.2 Å². The van der Waals surface area contributed by atoms with Crippen molar-refractivity contribution in [1.29, 1.82) is 0 Å². The highest BCUT2D eigenvalue weighted by Crippen LogP contribution is 2.29. The van der Waals surface area contributed by atoms with Gasteiger partial charge in [-0.25, -0.2) is 0 Å². The van der Waals surface area contributed by atoms with Crippen LogP contribution in [0.1, 0.15) is 10.4 Å². The van der Waals surface area contributed by atoms with Crippen LogP contribution in [0.3, 0.4) is 0 Å². The van der Waals surface area contributed by atoms with Crippen molar-refractivity contribution < 1.29 is 14.3 Å². The summed E-state index contributed by atoms with van der Waals surface area (Å²) in [5.74, 6) is 1.64. The molecule has 0 saturated carbocycles. The standard InChI is InChI=1S/C18H17N3O3S2/c1-23-13-9-7-12(8-10-13)19-17-20-21-18(26-17)25-11-15(22)14-5-3-4-6-16(14)24-2/h3-10H,11H2,1-2H3,(H,19,20). The Hall–Kier alpha value is -2.58. The van der Waals surface area contributed by atoms with Crippen LogP contribution in [0.4, 0.5) is 10.8 Å². The molecule has 0 spiro atoms. The van der Waals surface area contributed by atoms with Crippen molar-refractivity contribution in [2.45, 2.75) is 4.34 Å². The van der Waals surface area contributed by atoms with Crippen molar-refractivity contribution in [3.63, 3.8) is 0 Å². The predicted molar refractivity (Wildman–Crippen MR) is 104 cm³/mol. The molecule has 3 aromatic rings. The Bertz CT molecular complexity index is 881. The number of hydrogen-bond acceptors (Lipinski definition) is 8. The van der Waals surface area contributed by atoms with Crippen LogP contribution in [0.25, 0.3) is 0 Å². The van der Waals surface area contributed by atoms with E-state index in [1.165, 1.54) is 23.1 Å². The summed E-state index contributed by atoms with van der Waals surface area (Å²) >= 11 is 2.76. The Labute approximate surface area is 159 Å². The van der Waals surface area contributed by atoms with Gasteiger partial charge in [0.2, 0.25) is 5.13 Å². The summed E-state index contributed by atoms with van der Waals surface area (Å²) in [6, 6.07) is 14.7. The molecule has 0 saturated heterocycles. The number of Topliss-reactive ketones (excluding diaryl/α,β-unsaturated/α-hetero) is 1. The second-order valence-electron chi connectivity index (χ2n) is 5.14. The number of ether oxygens (including phenoxy) is 2. The summed E-state index contributed by atoms with van der Waals surface area (Å²) in [5.41, 5.74) is 1.46. The SMILES string of the molecule is COc1ccc(Nc2nnc(SCC(=O)c3ccccc3OC)s2)cc1. The highest BCUT2D eigenvalue weighted by molar-refractivity contribution is 8.01. The summed E-state index contributed by atoms with van der Waals surface area (Å²) in [7, 11) is 3.18. The number of nitrogens with one attached hydrogen (secondary N) is 1. The van der Waals surface area contributed by atoms with Gasteiger partial charge in [0.05, 0.1) is 25.5 Å². The van der Waals surface area contributed by atoms with Crippen LogP contribution in [-0.4, -0.2) is 36.0 Å². The largest absolute Gasteiger partial charge is 0.497 e. The molecule has 0 fully saturated rings. The maximum absolute atomic E-state index is 12.4.